The number of aromatic nitrogens is 2. The minimum atomic E-state index is -0.191. The second kappa shape index (κ2) is 7.46. The SMILES string of the molecule is COc1ccc(C(CC(=O)c2ccccc2)n2ncc3ccccc32)cc1. The fourth-order valence-electron chi connectivity index (χ4n) is 3.33. The van der Waals surface area contributed by atoms with Crippen LogP contribution in [0.2, 0.25) is 0 Å². The molecule has 4 nitrogen and oxygen atoms in total. The van der Waals surface area contributed by atoms with Crippen LogP contribution in [0.4, 0.5) is 0 Å². The Morgan fingerprint density at radius 2 is 1.67 bits per heavy atom. The van der Waals surface area contributed by atoms with E-state index in [9.17, 15) is 4.79 Å². The molecule has 4 heteroatoms. The largest absolute Gasteiger partial charge is 0.497 e. The van der Waals surface area contributed by atoms with Gasteiger partial charge in [-0.3, -0.25) is 9.48 Å². The number of Topliss-reactive ketones (excluding diaryl/α,β-unsaturated/α-hetero) is 1. The maximum absolute atomic E-state index is 12.9. The van der Waals surface area contributed by atoms with E-state index in [0.717, 1.165) is 22.2 Å². The highest BCUT2D eigenvalue weighted by molar-refractivity contribution is 5.96. The van der Waals surface area contributed by atoms with Crippen molar-refractivity contribution in [1.82, 2.24) is 9.78 Å². The molecule has 4 aromatic rings. The standard InChI is InChI=1S/C23H20N2O2/c1-27-20-13-11-17(12-14-20)22(15-23(26)18-7-3-2-4-8-18)25-21-10-6-5-9-19(21)16-24-25/h2-14,16,22H,15H2,1H3. The molecule has 4 rings (SSSR count). The minimum absolute atomic E-state index is 0.0935. The molecular weight excluding hydrogens is 336 g/mol. The van der Waals surface area contributed by atoms with E-state index < -0.39 is 0 Å². The van der Waals surface area contributed by atoms with E-state index in [0.29, 0.717) is 12.0 Å². The average molecular weight is 356 g/mol. The van der Waals surface area contributed by atoms with Crippen LogP contribution < -0.4 is 4.74 Å². The summed E-state index contributed by atoms with van der Waals surface area (Å²) in [5.41, 5.74) is 2.75. The summed E-state index contributed by atoms with van der Waals surface area (Å²) in [5, 5.41) is 5.65. The molecule has 0 bridgehead atoms. The van der Waals surface area contributed by atoms with Crippen molar-refractivity contribution < 1.29 is 9.53 Å². The van der Waals surface area contributed by atoms with E-state index in [1.807, 2.05) is 89.7 Å². The Morgan fingerprint density at radius 1 is 0.963 bits per heavy atom. The number of para-hydroxylation sites is 1. The third kappa shape index (κ3) is 3.47. The molecule has 27 heavy (non-hydrogen) atoms. The van der Waals surface area contributed by atoms with Crippen molar-refractivity contribution in [2.75, 3.05) is 7.11 Å². The summed E-state index contributed by atoms with van der Waals surface area (Å²) in [6.45, 7) is 0. The van der Waals surface area contributed by atoms with E-state index in [1.54, 1.807) is 7.11 Å². The zero-order valence-electron chi connectivity index (χ0n) is 15.1. The molecule has 3 aromatic carbocycles. The van der Waals surface area contributed by atoms with Gasteiger partial charge in [-0.2, -0.15) is 5.10 Å². The number of ketones is 1. The second-order valence-electron chi connectivity index (χ2n) is 6.43. The van der Waals surface area contributed by atoms with E-state index >= 15 is 0 Å². The van der Waals surface area contributed by atoms with E-state index in [2.05, 4.69) is 5.10 Å². The molecule has 134 valence electrons. The van der Waals surface area contributed by atoms with Gasteiger partial charge in [-0.25, -0.2) is 0 Å². The van der Waals surface area contributed by atoms with Gasteiger partial charge in [0.25, 0.3) is 0 Å². The third-order valence-electron chi connectivity index (χ3n) is 4.78. The van der Waals surface area contributed by atoms with Crippen LogP contribution in [0.25, 0.3) is 10.9 Å². The van der Waals surface area contributed by atoms with E-state index in [-0.39, 0.29) is 11.8 Å². The summed E-state index contributed by atoms with van der Waals surface area (Å²) in [4.78, 5) is 12.9. The molecule has 0 aliphatic carbocycles. The van der Waals surface area contributed by atoms with Crippen LogP contribution in [0.1, 0.15) is 28.4 Å². The Morgan fingerprint density at radius 3 is 2.41 bits per heavy atom. The first-order chi connectivity index (χ1) is 13.3. The molecule has 0 fully saturated rings. The predicted molar refractivity (Wildman–Crippen MR) is 106 cm³/mol. The molecule has 0 aliphatic rings. The lowest BCUT2D eigenvalue weighted by Crippen LogP contribution is -2.16. The molecule has 0 radical (unpaired) electrons. The molecule has 1 unspecified atom stereocenters. The lowest BCUT2D eigenvalue weighted by molar-refractivity contribution is 0.0968. The van der Waals surface area contributed by atoms with Gasteiger partial charge in [-0.15, -0.1) is 0 Å². The molecule has 1 heterocycles. The van der Waals surface area contributed by atoms with E-state index in [1.165, 1.54) is 0 Å². The average Bonchev–Trinajstić information content (AvgIpc) is 3.16. The molecule has 0 saturated heterocycles. The normalized spacial score (nSPS) is 12.0. The van der Waals surface area contributed by atoms with Crippen molar-refractivity contribution in [1.29, 1.82) is 0 Å². The van der Waals surface area contributed by atoms with Gasteiger partial charge in [0.2, 0.25) is 0 Å². The first-order valence-electron chi connectivity index (χ1n) is 8.91. The fourth-order valence-corrected chi connectivity index (χ4v) is 3.33. The lowest BCUT2D eigenvalue weighted by Gasteiger charge is -2.19. The fraction of sp³-hybridized carbons (Fsp3) is 0.130. The second-order valence-corrected chi connectivity index (χ2v) is 6.43. The number of fused-ring (bicyclic) bond motifs is 1. The number of methoxy groups -OCH3 is 1. The topological polar surface area (TPSA) is 44.1 Å². The summed E-state index contributed by atoms with van der Waals surface area (Å²) >= 11 is 0. The Bertz CT molecular complexity index is 1050. The highest BCUT2D eigenvalue weighted by Crippen LogP contribution is 2.28. The van der Waals surface area contributed by atoms with Crippen LogP contribution in [0.15, 0.2) is 85.1 Å². The number of rotatable bonds is 6. The summed E-state index contributed by atoms with van der Waals surface area (Å²) in [6, 6.07) is 25.1. The number of benzene rings is 3. The predicted octanol–water partition coefficient (Wildman–Crippen LogP) is 4.91. The summed E-state index contributed by atoms with van der Waals surface area (Å²) in [6.07, 6.45) is 2.18. The molecule has 0 spiro atoms. The first-order valence-corrected chi connectivity index (χ1v) is 8.91. The van der Waals surface area contributed by atoms with Crippen molar-refractivity contribution >= 4 is 16.7 Å². The Kier molecular flexibility index (Phi) is 4.71. The molecule has 0 amide bonds. The van der Waals surface area contributed by atoms with Gasteiger partial charge in [0.05, 0.1) is 24.9 Å². The van der Waals surface area contributed by atoms with Crippen LogP contribution in [0, 0.1) is 0 Å². The zero-order chi connectivity index (χ0) is 18.6. The summed E-state index contributed by atoms with van der Waals surface area (Å²) in [5.74, 6) is 0.883. The van der Waals surface area contributed by atoms with Gasteiger partial charge in [-0.1, -0.05) is 60.7 Å². The van der Waals surface area contributed by atoms with Crippen molar-refractivity contribution in [3.63, 3.8) is 0 Å². The van der Waals surface area contributed by atoms with Crippen molar-refractivity contribution in [2.24, 2.45) is 0 Å². The lowest BCUT2D eigenvalue weighted by atomic mass is 9.97. The van der Waals surface area contributed by atoms with Crippen LogP contribution in [0.3, 0.4) is 0 Å². The quantitative estimate of drug-likeness (QED) is 0.461. The Balaban J connectivity index is 1.76. The number of carbonyl (C=O) groups excluding carboxylic acids is 1. The highest BCUT2D eigenvalue weighted by Gasteiger charge is 2.21. The molecular formula is C23H20N2O2. The molecule has 1 atom stereocenters. The molecule has 0 aliphatic heterocycles. The van der Waals surface area contributed by atoms with Crippen LogP contribution in [-0.2, 0) is 0 Å². The molecule has 0 N–H and O–H groups in total. The zero-order valence-corrected chi connectivity index (χ0v) is 15.1. The minimum Gasteiger partial charge on any atom is -0.497 e. The number of hydrogen-bond donors (Lipinski definition) is 0. The Labute approximate surface area is 158 Å². The van der Waals surface area contributed by atoms with Gasteiger partial charge >= 0.3 is 0 Å². The first kappa shape index (κ1) is 17.0. The van der Waals surface area contributed by atoms with E-state index in [4.69, 9.17) is 4.74 Å². The Hall–Kier alpha value is -3.40. The molecule has 1 aromatic heterocycles. The maximum Gasteiger partial charge on any atom is 0.165 e. The van der Waals surface area contributed by atoms with Gasteiger partial charge in [-0.05, 0) is 23.8 Å². The maximum atomic E-state index is 12.9. The van der Waals surface area contributed by atoms with Crippen LogP contribution in [0.5, 0.6) is 5.75 Å². The highest BCUT2D eigenvalue weighted by atomic mass is 16.5. The van der Waals surface area contributed by atoms with Crippen LogP contribution in [-0.4, -0.2) is 22.7 Å². The number of ether oxygens (including phenoxy) is 1. The third-order valence-corrected chi connectivity index (χ3v) is 4.78. The van der Waals surface area contributed by atoms with Crippen molar-refractivity contribution in [2.45, 2.75) is 12.5 Å². The summed E-state index contributed by atoms with van der Waals surface area (Å²) in [7, 11) is 1.65. The number of nitrogens with zero attached hydrogens (tertiary/aromatic N) is 2. The van der Waals surface area contributed by atoms with Crippen LogP contribution >= 0.6 is 0 Å². The summed E-state index contributed by atoms with van der Waals surface area (Å²) < 4.78 is 7.21. The number of carbonyl (C=O) groups is 1. The smallest absolute Gasteiger partial charge is 0.165 e. The monoisotopic (exact) mass is 356 g/mol. The number of hydrogen-bond acceptors (Lipinski definition) is 3. The molecule has 0 saturated carbocycles. The van der Waals surface area contributed by atoms with Gasteiger partial charge in [0.15, 0.2) is 5.78 Å². The van der Waals surface area contributed by atoms with Gasteiger partial charge < -0.3 is 4.74 Å². The van der Waals surface area contributed by atoms with Crippen molar-refractivity contribution in [3.05, 3.63) is 96.2 Å². The van der Waals surface area contributed by atoms with Gasteiger partial charge in [0.1, 0.15) is 5.75 Å². The van der Waals surface area contributed by atoms with Crippen molar-refractivity contribution in [3.8, 4) is 5.75 Å². The van der Waals surface area contributed by atoms with Gasteiger partial charge in [0, 0.05) is 17.4 Å².